The first kappa shape index (κ1) is 15.4. The van der Waals surface area contributed by atoms with Crippen LogP contribution in [-0.2, 0) is 9.53 Å². The Kier molecular flexibility index (Phi) is 6.05. The monoisotopic (exact) mass is 258 g/mol. The largest absolute Gasteiger partial charge is 0.395 e. The van der Waals surface area contributed by atoms with Crippen molar-refractivity contribution < 1.29 is 14.6 Å². The molecule has 1 heterocycles. The van der Waals surface area contributed by atoms with E-state index in [0.717, 1.165) is 32.6 Å². The lowest BCUT2D eigenvalue weighted by Crippen LogP contribution is -2.39. The van der Waals surface area contributed by atoms with Crippen molar-refractivity contribution >= 4 is 5.91 Å². The van der Waals surface area contributed by atoms with Gasteiger partial charge in [-0.05, 0) is 33.7 Å². The van der Waals surface area contributed by atoms with Gasteiger partial charge in [-0.15, -0.1) is 0 Å². The fourth-order valence-corrected chi connectivity index (χ4v) is 1.95. The van der Waals surface area contributed by atoms with Gasteiger partial charge in [0.2, 0.25) is 5.91 Å². The van der Waals surface area contributed by atoms with Crippen molar-refractivity contribution in [3.63, 3.8) is 0 Å². The van der Waals surface area contributed by atoms with Gasteiger partial charge in [-0.2, -0.15) is 0 Å². The predicted octanol–water partition coefficient (Wildman–Crippen LogP) is 0.328. The van der Waals surface area contributed by atoms with E-state index in [9.17, 15) is 4.79 Å². The summed E-state index contributed by atoms with van der Waals surface area (Å²) in [5.41, 5.74) is -0.273. The maximum atomic E-state index is 12.0. The highest BCUT2D eigenvalue weighted by Crippen LogP contribution is 2.08. The number of hydrogen-bond donors (Lipinski definition) is 1. The molecule has 5 heteroatoms. The van der Waals surface area contributed by atoms with Crippen LogP contribution in [0.1, 0.15) is 27.2 Å². The fraction of sp³-hybridized carbons (Fsp3) is 0.923. The minimum atomic E-state index is -0.273. The topological polar surface area (TPSA) is 53.0 Å². The molecule has 1 aliphatic heterocycles. The van der Waals surface area contributed by atoms with E-state index in [4.69, 9.17) is 9.84 Å². The summed E-state index contributed by atoms with van der Waals surface area (Å²) in [5.74, 6) is 0.0655. The number of carbonyl (C=O) groups excluding carboxylic acids is 1. The molecule has 1 N–H and O–H groups in total. The van der Waals surface area contributed by atoms with Crippen LogP contribution >= 0.6 is 0 Å². The molecule has 0 unspecified atom stereocenters. The third-order valence-electron chi connectivity index (χ3n) is 2.99. The van der Waals surface area contributed by atoms with Gasteiger partial charge in [0.15, 0.2) is 0 Å². The van der Waals surface area contributed by atoms with Crippen molar-refractivity contribution in [2.75, 3.05) is 45.9 Å². The molecule has 0 saturated carbocycles. The van der Waals surface area contributed by atoms with Crippen LogP contribution in [0.2, 0.25) is 0 Å². The highest BCUT2D eigenvalue weighted by Gasteiger charge is 2.20. The minimum absolute atomic E-state index is 0.0655. The quantitative estimate of drug-likeness (QED) is 0.789. The zero-order chi connectivity index (χ0) is 13.6. The Bertz CT molecular complexity index is 263. The average molecular weight is 258 g/mol. The number of hydrogen-bond acceptors (Lipinski definition) is 4. The molecular weight excluding hydrogens is 232 g/mol. The summed E-state index contributed by atoms with van der Waals surface area (Å²) < 4.78 is 5.51. The number of ether oxygens (including phenoxy) is 1. The lowest BCUT2D eigenvalue weighted by molar-refractivity contribution is -0.140. The zero-order valence-electron chi connectivity index (χ0n) is 11.8. The molecule has 0 aromatic rings. The fourth-order valence-electron chi connectivity index (χ4n) is 1.95. The van der Waals surface area contributed by atoms with Crippen molar-refractivity contribution in [2.45, 2.75) is 32.8 Å². The number of aliphatic hydroxyl groups excluding tert-OH is 1. The first-order chi connectivity index (χ1) is 8.42. The van der Waals surface area contributed by atoms with Crippen molar-refractivity contribution in [3.05, 3.63) is 0 Å². The Morgan fingerprint density at radius 1 is 1.22 bits per heavy atom. The molecule has 0 aromatic carbocycles. The standard InChI is InChI=1S/C13H26N2O3/c1-13(2,3)18-11-12(17)15-6-4-5-14(7-8-15)9-10-16/h16H,4-11H2,1-3H3. The Labute approximate surface area is 110 Å². The maximum Gasteiger partial charge on any atom is 0.248 e. The zero-order valence-corrected chi connectivity index (χ0v) is 11.8. The number of nitrogens with zero attached hydrogens (tertiary/aromatic N) is 2. The molecular formula is C13H26N2O3. The summed E-state index contributed by atoms with van der Waals surface area (Å²) in [6, 6.07) is 0. The second kappa shape index (κ2) is 7.07. The summed E-state index contributed by atoms with van der Waals surface area (Å²) in [4.78, 5) is 16.1. The second-order valence-electron chi connectivity index (χ2n) is 5.70. The van der Waals surface area contributed by atoms with Gasteiger partial charge in [0.25, 0.3) is 0 Å². The molecule has 1 aliphatic rings. The summed E-state index contributed by atoms with van der Waals surface area (Å²) in [6.45, 7) is 10.2. The van der Waals surface area contributed by atoms with E-state index in [1.54, 1.807) is 0 Å². The normalized spacial score (nSPS) is 18.8. The van der Waals surface area contributed by atoms with Gasteiger partial charge in [0.1, 0.15) is 6.61 Å². The summed E-state index contributed by atoms with van der Waals surface area (Å²) in [7, 11) is 0. The van der Waals surface area contributed by atoms with E-state index in [1.807, 2.05) is 25.7 Å². The molecule has 106 valence electrons. The van der Waals surface area contributed by atoms with Gasteiger partial charge in [-0.25, -0.2) is 0 Å². The van der Waals surface area contributed by atoms with Gasteiger partial charge in [-0.1, -0.05) is 0 Å². The van der Waals surface area contributed by atoms with Crippen LogP contribution in [0.5, 0.6) is 0 Å². The SMILES string of the molecule is CC(C)(C)OCC(=O)N1CCCN(CCO)CC1. The predicted molar refractivity (Wildman–Crippen MR) is 70.4 cm³/mol. The molecule has 0 atom stereocenters. The van der Waals surface area contributed by atoms with E-state index in [0.29, 0.717) is 6.54 Å². The summed E-state index contributed by atoms with van der Waals surface area (Å²) in [6.07, 6.45) is 0.960. The molecule has 1 amide bonds. The van der Waals surface area contributed by atoms with Crippen LogP contribution in [0.15, 0.2) is 0 Å². The van der Waals surface area contributed by atoms with Crippen molar-refractivity contribution in [2.24, 2.45) is 0 Å². The molecule has 0 spiro atoms. The molecule has 0 aromatic heterocycles. The van der Waals surface area contributed by atoms with E-state index >= 15 is 0 Å². The van der Waals surface area contributed by atoms with E-state index in [1.165, 1.54) is 0 Å². The molecule has 18 heavy (non-hydrogen) atoms. The van der Waals surface area contributed by atoms with Crippen LogP contribution < -0.4 is 0 Å². The van der Waals surface area contributed by atoms with Crippen LogP contribution in [0.4, 0.5) is 0 Å². The lowest BCUT2D eigenvalue weighted by Gasteiger charge is -2.24. The number of amides is 1. The highest BCUT2D eigenvalue weighted by atomic mass is 16.5. The van der Waals surface area contributed by atoms with Gasteiger partial charge in [0, 0.05) is 26.2 Å². The number of carbonyl (C=O) groups is 1. The van der Waals surface area contributed by atoms with E-state index in [2.05, 4.69) is 4.90 Å². The number of aliphatic hydroxyl groups is 1. The van der Waals surface area contributed by atoms with Gasteiger partial charge in [-0.3, -0.25) is 9.69 Å². The van der Waals surface area contributed by atoms with E-state index < -0.39 is 0 Å². The third-order valence-corrected chi connectivity index (χ3v) is 2.99. The molecule has 1 rings (SSSR count). The Morgan fingerprint density at radius 3 is 2.56 bits per heavy atom. The molecule has 5 nitrogen and oxygen atoms in total. The van der Waals surface area contributed by atoms with E-state index in [-0.39, 0.29) is 24.7 Å². The number of rotatable bonds is 4. The van der Waals surface area contributed by atoms with Crippen LogP contribution in [0, 0.1) is 0 Å². The molecule has 1 saturated heterocycles. The summed E-state index contributed by atoms with van der Waals surface area (Å²) in [5, 5.41) is 8.92. The van der Waals surface area contributed by atoms with Crippen LogP contribution in [0.3, 0.4) is 0 Å². The molecule has 0 aliphatic carbocycles. The minimum Gasteiger partial charge on any atom is -0.395 e. The molecule has 0 radical (unpaired) electrons. The Morgan fingerprint density at radius 2 is 1.94 bits per heavy atom. The van der Waals surface area contributed by atoms with Gasteiger partial charge >= 0.3 is 0 Å². The summed E-state index contributed by atoms with van der Waals surface area (Å²) >= 11 is 0. The first-order valence-corrected chi connectivity index (χ1v) is 6.67. The highest BCUT2D eigenvalue weighted by molar-refractivity contribution is 5.77. The third kappa shape index (κ3) is 5.80. The first-order valence-electron chi connectivity index (χ1n) is 6.67. The maximum absolute atomic E-state index is 12.0. The molecule has 1 fully saturated rings. The number of β-amino-alcohol motifs (C(OH)–C–C–N with tert-alkyl or cyclic N) is 1. The van der Waals surface area contributed by atoms with Gasteiger partial charge in [0.05, 0.1) is 12.2 Å². The lowest BCUT2D eigenvalue weighted by atomic mass is 10.2. The average Bonchev–Trinajstić information content (AvgIpc) is 2.51. The van der Waals surface area contributed by atoms with Crippen molar-refractivity contribution in [1.29, 1.82) is 0 Å². The van der Waals surface area contributed by atoms with Crippen LogP contribution in [0.25, 0.3) is 0 Å². The Hall–Kier alpha value is -0.650. The molecule has 0 bridgehead atoms. The van der Waals surface area contributed by atoms with Crippen LogP contribution in [-0.4, -0.2) is 72.4 Å². The Balaban J connectivity index is 2.35. The van der Waals surface area contributed by atoms with Crippen molar-refractivity contribution in [3.8, 4) is 0 Å². The van der Waals surface area contributed by atoms with Crippen molar-refractivity contribution in [1.82, 2.24) is 9.80 Å². The van der Waals surface area contributed by atoms with Gasteiger partial charge < -0.3 is 14.7 Å². The smallest absolute Gasteiger partial charge is 0.248 e. The second-order valence-corrected chi connectivity index (χ2v) is 5.70.